The van der Waals surface area contributed by atoms with Crippen LogP contribution in [0.2, 0.25) is 0 Å². The zero-order chi connectivity index (χ0) is 21.4. The summed E-state index contributed by atoms with van der Waals surface area (Å²) in [4.78, 5) is 36.6. The quantitative estimate of drug-likeness (QED) is 0.527. The fourth-order valence-electron chi connectivity index (χ4n) is 2.64. The van der Waals surface area contributed by atoms with Crippen LogP contribution in [-0.4, -0.2) is 38.5 Å². The van der Waals surface area contributed by atoms with Crippen molar-refractivity contribution >= 4 is 23.5 Å². The Morgan fingerprint density at radius 2 is 1.59 bits per heavy atom. The van der Waals surface area contributed by atoms with Gasteiger partial charge in [-0.25, -0.2) is 4.79 Å². The van der Waals surface area contributed by atoms with E-state index in [0.717, 1.165) is 11.3 Å². The van der Waals surface area contributed by atoms with Crippen molar-refractivity contribution in [1.82, 2.24) is 5.32 Å². The number of ether oxygens (including phenoxy) is 2. The van der Waals surface area contributed by atoms with Crippen LogP contribution in [0.5, 0.6) is 5.75 Å². The first kappa shape index (κ1) is 21.9. The minimum Gasteiger partial charge on any atom is -0.496 e. The zero-order valence-corrected chi connectivity index (χ0v) is 17.1. The number of esters is 1. The highest BCUT2D eigenvalue weighted by atomic mass is 16.5. The molecule has 2 aromatic carbocycles. The van der Waals surface area contributed by atoms with Crippen molar-refractivity contribution in [3.05, 3.63) is 59.7 Å². The fraction of sp³-hybridized carbons (Fsp3) is 0.318. The summed E-state index contributed by atoms with van der Waals surface area (Å²) in [6.45, 7) is 3.50. The standard InChI is InChI=1S/C22H26N2O5/c1-22(2,20(26)23-14-13-15-7-5-6-8-18(15)28-3)21(27)24-17-11-9-16(10-12-17)19(25)29-4/h5-12H,13-14H2,1-4H3,(H,23,26)(H,24,27). The van der Waals surface area contributed by atoms with E-state index in [1.54, 1.807) is 45.2 Å². The van der Waals surface area contributed by atoms with Gasteiger partial charge in [0.05, 0.1) is 19.8 Å². The minimum atomic E-state index is -1.28. The SMILES string of the molecule is COC(=O)c1ccc(NC(=O)C(C)(C)C(=O)NCCc2ccccc2OC)cc1. The van der Waals surface area contributed by atoms with Crippen molar-refractivity contribution in [1.29, 1.82) is 0 Å². The third-order valence-corrected chi connectivity index (χ3v) is 4.57. The topological polar surface area (TPSA) is 93.7 Å². The lowest BCUT2D eigenvalue weighted by Gasteiger charge is -2.23. The number of carbonyl (C=O) groups is 3. The highest BCUT2D eigenvalue weighted by Gasteiger charge is 2.35. The van der Waals surface area contributed by atoms with Crippen LogP contribution in [0.25, 0.3) is 0 Å². The summed E-state index contributed by atoms with van der Waals surface area (Å²) < 4.78 is 9.94. The van der Waals surface area contributed by atoms with Gasteiger partial charge in [0.15, 0.2) is 0 Å². The summed E-state index contributed by atoms with van der Waals surface area (Å²) >= 11 is 0. The molecule has 0 atom stereocenters. The van der Waals surface area contributed by atoms with E-state index in [-0.39, 0.29) is 5.91 Å². The van der Waals surface area contributed by atoms with E-state index in [9.17, 15) is 14.4 Å². The lowest BCUT2D eigenvalue weighted by molar-refractivity contribution is -0.138. The first-order valence-corrected chi connectivity index (χ1v) is 9.19. The molecule has 0 spiro atoms. The molecular formula is C22H26N2O5. The molecule has 0 unspecified atom stereocenters. The maximum atomic E-state index is 12.6. The van der Waals surface area contributed by atoms with Crippen LogP contribution in [0.3, 0.4) is 0 Å². The molecule has 0 heterocycles. The number of anilines is 1. The van der Waals surface area contributed by atoms with Gasteiger partial charge in [0.1, 0.15) is 11.2 Å². The number of methoxy groups -OCH3 is 2. The summed E-state index contributed by atoms with van der Waals surface area (Å²) in [5.74, 6) is -0.527. The van der Waals surface area contributed by atoms with E-state index < -0.39 is 17.3 Å². The molecule has 0 saturated heterocycles. The van der Waals surface area contributed by atoms with E-state index in [1.807, 2.05) is 24.3 Å². The van der Waals surface area contributed by atoms with Crippen molar-refractivity contribution in [3.63, 3.8) is 0 Å². The van der Waals surface area contributed by atoms with Crippen LogP contribution in [0.1, 0.15) is 29.8 Å². The Bertz CT molecular complexity index is 875. The van der Waals surface area contributed by atoms with Crippen LogP contribution < -0.4 is 15.4 Å². The number of nitrogens with one attached hydrogen (secondary N) is 2. The lowest BCUT2D eigenvalue weighted by atomic mass is 9.90. The number of carbonyl (C=O) groups excluding carboxylic acids is 3. The van der Waals surface area contributed by atoms with Crippen LogP contribution in [0.15, 0.2) is 48.5 Å². The van der Waals surface area contributed by atoms with Crippen molar-refractivity contribution < 1.29 is 23.9 Å². The van der Waals surface area contributed by atoms with E-state index >= 15 is 0 Å². The Kier molecular flexibility index (Phi) is 7.36. The second-order valence-electron chi connectivity index (χ2n) is 6.97. The summed E-state index contributed by atoms with van der Waals surface area (Å²) in [6, 6.07) is 13.8. The second kappa shape index (κ2) is 9.73. The molecular weight excluding hydrogens is 372 g/mol. The van der Waals surface area contributed by atoms with E-state index in [0.29, 0.717) is 24.2 Å². The molecule has 0 radical (unpaired) electrons. The number of para-hydroxylation sites is 1. The van der Waals surface area contributed by atoms with E-state index in [2.05, 4.69) is 15.4 Å². The molecule has 7 nitrogen and oxygen atoms in total. The number of benzene rings is 2. The molecule has 0 bridgehead atoms. The van der Waals surface area contributed by atoms with Crippen molar-refractivity contribution in [3.8, 4) is 5.75 Å². The molecule has 2 amide bonds. The van der Waals surface area contributed by atoms with Gasteiger partial charge in [-0.3, -0.25) is 9.59 Å². The van der Waals surface area contributed by atoms with Gasteiger partial charge in [-0.2, -0.15) is 0 Å². The number of hydrogen-bond donors (Lipinski definition) is 2. The normalized spacial score (nSPS) is 10.8. The predicted octanol–water partition coefficient (Wildman–Crippen LogP) is 2.81. The largest absolute Gasteiger partial charge is 0.496 e. The zero-order valence-electron chi connectivity index (χ0n) is 17.1. The summed E-state index contributed by atoms with van der Waals surface area (Å²) in [5.41, 5.74) is 0.557. The predicted molar refractivity (Wildman–Crippen MR) is 110 cm³/mol. The van der Waals surface area contributed by atoms with Crippen molar-refractivity contribution in [2.45, 2.75) is 20.3 Å². The first-order chi connectivity index (χ1) is 13.8. The molecule has 0 aliphatic rings. The minimum absolute atomic E-state index is 0.374. The number of hydrogen-bond acceptors (Lipinski definition) is 5. The lowest BCUT2D eigenvalue weighted by Crippen LogP contribution is -2.45. The summed E-state index contributed by atoms with van der Waals surface area (Å²) in [6.07, 6.45) is 0.586. The highest BCUT2D eigenvalue weighted by molar-refractivity contribution is 6.09. The molecule has 0 aliphatic heterocycles. The van der Waals surface area contributed by atoms with Gasteiger partial charge < -0.3 is 20.1 Å². The molecule has 0 saturated carbocycles. The summed E-state index contributed by atoms with van der Waals surface area (Å²) in [7, 11) is 2.90. The second-order valence-corrected chi connectivity index (χ2v) is 6.97. The maximum Gasteiger partial charge on any atom is 0.337 e. The Balaban J connectivity index is 1.93. The molecule has 2 aromatic rings. The van der Waals surface area contributed by atoms with Gasteiger partial charge in [0.25, 0.3) is 0 Å². The van der Waals surface area contributed by atoms with Crippen LogP contribution in [-0.2, 0) is 20.7 Å². The van der Waals surface area contributed by atoms with Gasteiger partial charge in [0.2, 0.25) is 11.8 Å². The fourth-order valence-corrected chi connectivity index (χ4v) is 2.64. The van der Waals surface area contributed by atoms with Gasteiger partial charge >= 0.3 is 5.97 Å². The molecule has 0 fully saturated rings. The van der Waals surface area contributed by atoms with Gasteiger partial charge in [-0.15, -0.1) is 0 Å². The maximum absolute atomic E-state index is 12.6. The van der Waals surface area contributed by atoms with Crippen LogP contribution >= 0.6 is 0 Å². The van der Waals surface area contributed by atoms with E-state index in [1.165, 1.54) is 7.11 Å². The average Bonchev–Trinajstić information content (AvgIpc) is 2.73. The van der Waals surface area contributed by atoms with Crippen molar-refractivity contribution in [2.75, 3.05) is 26.1 Å². The van der Waals surface area contributed by atoms with Crippen molar-refractivity contribution in [2.24, 2.45) is 5.41 Å². The average molecular weight is 398 g/mol. The summed E-state index contributed by atoms with van der Waals surface area (Å²) in [5, 5.41) is 5.51. The number of rotatable bonds is 8. The molecule has 7 heteroatoms. The molecule has 0 aliphatic carbocycles. The third-order valence-electron chi connectivity index (χ3n) is 4.57. The molecule has 154 valence electrons. The van der Waals surface area contributed by atoms with Crippen LogP contribution in [0.4, 0.5) is 5.69 Å². The Morgan fingerprint density at radius 1 is 0.931 bits per heavy atom. The highest BCUT2D eigenvalue weighted by Crippen LogP contribution is 2.21. The Morgan fingerprint density at radius 3 is 2.21 bits per heavy atom. The number of amides is 2. The van der Waals surface area contributed by atoms with Gasteiger partial charge in [-0.1, -0.05) is 18.2 Å². The van der Waals surface area contributed by atoms with E-state index in [4.69, 9.17) is 4.74 Å². The Hall–Kier alpha value is -3.35. The van der Waals surface area contributed by atoms with Gasteiger partial charge in [0, 0.05) is 12.2 Å². The third kappa shape index (κ3) is 5.57. The molecule has 2 N–H and O–H groups in total. The molecule has 29 heavy (non-hydrogen) atoms. The molecule has 2 rings (SSSR count). The van der Waals surface area contributed by atoms with Gasteiger partial charge in [-0.05, 0) is 56.2 Å². The smallest absolute Gasteiger partial charge is 0.337 e. The first-order valence-electron chi connectivity index (χ1n) is 9.19. The monoisotopic (exact) mass is 398 g/mol. The van der Waals surface area contributed by atoms with Crippen LogP contribution in [0, 0.1) is 5.41 Å². The molecule has 0 aromatic heterocycles. The Labute approximate surface area is 170 Å².